The monoisotopic (exact) mass is 370 g/mol. The van der Waals surface area contributed by atoms with Gasteiger partial charge in [-0.15, -0.1) is 11.8 Å². The quantitative estimate of drug-likeness (QED) is 0.586. The van der Waals surface area contributed by atoms with Gasteiger partial charge in [0.25, 0.3) is 5.69 Å². The minimum absolute atomic E-state index is 0.0663. The highest BCUT2D eigenvalue weighted by Gasteiger charge is 2.09. The minimum atomic E-state index is -0.507. The number of carbonyl (C=O) groups excluding carboxylic acids is 1. The summed E-state index contributed by atoms with van der Waals surface area (Å²) in [7, 11) is 0. The number of thioether (sulfide) groups is 1. The predicted octanol–water partition coefficient (Wildman–Crippen LogP) is 4.77. The summed E-state index contributed by atoms with van der Waals surface area (Å²) in [5, 5.41) is 14.4. The summed E-state index contributed by atoms with van der Waals surface area (Å²) < 4.78 is 0. The smallest absolute Gasteiger partial charge is 0.271 e. The molecule has 0 heterocycles. The van der Waals surface area contributed by atoms with E-state index in [0.29, 0.717) is 21.5 Å². The average molecular weight is 371 g/mol. The van der Waals surface area contributed by atoms with Crippen LogP contribution in [0.5, 0.6) is 0 Å². The lowest BCUT2D eigenvalue weighted by atomic mass is 10.2. The number of rotatable bonds is 6. The van der Waals surface area contributed by atoms with Crippen LogP contribution in [0.25, 0.3) is 0 Å². The summed E-state index contributed by atoms with van der Waals surface area (Å²) in [6.07, 6.45) is 0. The van der Waals surface area contributed by atoms with Crippen molar-refractivity contribution in [3.8, 4) is 0 Å². The summed E-state index contributed by atoms with van der Waals surface area (Å²) in [5.41, 5.74) is 1.22. The second-order valence-electron chi connectivity index (χ2n) is 4.58. The van der Waals surface area contributed by atoms with Gasteiger partial charge in [-0.3, -0.25) is 14.9 Å². The Bertz CT molecular complexity index is 740. The number of nitro benzene ring substituents is 1. The van der Waals surface area contributed by atoms with Gasteiger partial charge in [0.15, 0.2) is 0 Å². The van der Waals surface area contributed by atoms with Crippen LogP contribution < -0.4 is 5.32 Å². The molecule has 0 fully saturated rings. The van der Waals surface area contributed by atoms with E-state index in [0.717, 1.165) is 5.56 Å². The molecule has 0 bridgehead atoms. The van der Waals surface area contributed by atoms with E-state index in [2.05, 4.69) is 5.32 Å². The van der Waals surface area contributed by atoms with Crippen LogP contribution in [-0.2, 0) is 10.5 Å². The van der Waals surface area contributed by atoms with Crippen molar-refractivity contribution in [3.63, 3.8) is 0 Å². The highest BCUT2D eigenvalue weighted by Crippen LogP contribution is 2.25. The first-order valence-corrected chi connectivity index (χ1v) is 8.43. The molecule has 0 saturated heterocycles. The molecule has 1 N–H and O–H groups in total. The van der Waals surface area contributed by atoms with Gasteiger partial charge in [0.2, 0.25) is 5.91 Å². The summed E-state index contributed by atoms with van der Waals surface area (Å²) in [6, 6.07) is 11.0. The zero-order valence-electron chi connectivity index (χ0n) is 11.8. The van der Waals surface area contributed by atoms with Gasteiger partial charge in [0.1, 0.15) is 0 Å². The fourth-order valence-electron chi connectivity index (χ4n) is 1.79. The van der Waals surface area contributed by atoms with Gasteiger partial charge >= 0.3 is 0 Å². The fraction of sp³-hybridized carbons (Fsp3) is 0.133. The maximum absolute atomic E-state index is 11.9. The van der Waals surface area contributed by atoms with Crippen molar-refractivity contribution >= 4 is 52.2 Å². The van der Waals surface area contributed by atoms with E-state index in [4.69, 9.17) is 23.2 Å². The lowest BCUT2D eigenvalue weighted by Gasteiger charge is -2.06. The van der Waals surface area contributed by atoms with Gasteiger partial charge in [-0.25, -0.2) is 0 Å². The number of anilines is 1. The molecule has 0 atom stereocenters. The zero-order chi connectivity index (χ0) is 16.8. The van der Waals surface area contributed by atoms with Crippen molar-refractivity contribution in [2.75, 3.05) is 11.1 Å². The second kappa shape index (κ2) is 8.19. The number of halogens is 2. The Morgan fingerprint density at radius 1 is 1.22 bits per heavy atom. The Morgan fingerprint density at radius 3 is 2.70 bits per heavy atom. The maximum Gasteiger partial charge on any atom is 0.271 e. The summed E-state index contributed by atoms with van der Waals surface area (Å²) >= 11 is 13.3. The van der Waals surface area contributed by atoms with E-state index in [1.165, 1.54) is 30.0 Å². The molecule has 0 aliphatic heterocycles. The van der Waals surface area contributed by atoms with Crippen LogP contribution in [0.1, 0.15) is 5.56 Å². The molecule has 0 saturated carbocycles. The molecule has 0 aromatic heterocycles. The van der Waals surface area contributed by atoms with Gasteiger partial charge < -0.3 is 5.32 Å². The number of nitrogens with one attached hydrogen (secondary N) is 1. The number of amides is 1. The topological polar surface area (TPSA) is 72.2 Å². The van der Waals surface area contributed by atoms with E-state index >= 15 is 0 Å². The standard InChI is InChI=1S/C15H12Cl2N2O3S/c16-11-5-4-10(14(17)6-11)8-23-9-15(20)18-12-2-1-3-13(7-12)19(21)22/h1-7H,8-9H2,(H,18,20). The first-order valence-electron chi connectivity index (χ1n) is 6.51. The van der Waals surface area contributed by atoms with Crippen molar-refractivity contribution in [2.24, 2.45) is 0 Å². The molecule has 0 aliphatic rings. The van der Waals surface area contributed by atoms with Gasteiger partial charge in [-0.05, 0) is 23.8 Å². The largest absolute Gasteiger partial charge is 0.325 e. The fourth-order valence-corrected chi connectivity index (χ4v) is 3.17. The number of carbonyl (C=O) groups is 1. The number of non-ortho nitro benzene ring substituents is 1. The van der Waals surface area contributed by atoms with Crippen LogP contribution >= 0.6 is 35.0 Å². The van der Waals surface area contributed by atoms with Crippen LogP contribution in [0.2, 0.25) is 10.0 Å². The number of nitrogens with zero attached hydrogens (tertiary/aromatic N) is 1. The Labute approximate surface area is 147 Å². The molecule has 120 valence electrons. The van der Waals surface area contributed by atoms with E-state index in [1.807, 2.05) is 6.07 Å². The number of nitro groups is 1. The third-order valence-electron chi connectivity index (χ3n) is 2.85. The van der Waals surface area contributed by atoms with E-state index < -0.39 is 4.92 Å². The molecule has 8 heteroatoms. The van der Waals surface area contributed by atoms with Gasteiger partial charge in [0, 0.05) is 33.6 Å². The van der Waals surface area contributed by atoms with Crippen molar-refractivity contribution in [1.29, 1.82) is 0 Å². The Morgan fingerprint density at radius 2 is 2.00 bits per heavy atom. The average Bonchev–Trinajstić information content (AvgIpc) is 2.49. The molecule has 23 heavy (non-hydrogen) atoms. The van der Waals surface area contributed by atoms with Crippen molar-refractivity contribution in [3.05, 3.63) is 68.2 Å². The summed E-state index contributed by atoms with van der Waals surface area (Å²) in [5.74, 6) is 0.542. The molecule has 2 aromatic rings. The molecule has 0 radical (unpaired) electrons. The minimum Gasteiger partial charge on any atom is -0.325 e. The lowest BCUT2D eigenvalue weighted by molar-refractivity contribution is -0.384. The first-order chi connectivity index (χ1) is 11.0. The van der Waals surface area contributed by atoms with Crippen LogP contribution in [0, 0.1) is 10.1 Å². The predicted molar refractivity (Wildman–Crippen MR) is 94.4 cm³/mol. The molecular weight excluding hydrogens is 359 g/mol. The number of benzene rings is 2. The zero-order valence-corrected chi connectivity index (χ0v) is 14.1. The van der Waals surface area contributed by atoms with Crippen molar-refractivity contribution < 1.29 is 9.72 Å². The first kappa shape index (κ1) is 17.6. The molecule has 0 unspecified atom stereocenters. The number of hydrogen-bond acceptors (Lipinski definition) is 4. The van der Waals surface area contributed by atoms with Crippen molar-refractivity contribution in [1.82, 2.24) is 0 Å². The molecular formula is C15H12Cl2N2O3S. The summed E-state index contributed by atoms with van der Waals surface area (Å²) in [6.45, 7) is 0. The Balaban J connectivity index is 1.85. The highest BCUT2D eigenvalue weighted by molar-refractivity contribution is 7.99. The lowest BCUT2D eigenvalue weighted by Crippen LogP contribution is -2.14. The normalized spacial score (nSPS) is 10.3. The third-order valence-corrected chi connectivity index (χ3v) is 4.41. The van der Waals surface area contributed by atoms with Crippen LogP contribution in [0.4, 0.5) is 11.4 Å². The van der Waals surface area contributed by atoms with Gasteiger partial charge in [0.05, 0.1) is 10.7 Å². The SMILES string of the molecule is O=C(CSCc1ccc(Cl)cc1Cl)Nc1cccc([N+](=O)[O-])c1. The second-order valence-corrected chi connectivity index (χ2v) is 6.41. The Kier molecular flexibility index (Phi) is 6.27. The molecule has 0 aliphatic carbocycles. The molecule has 0 spiro atoms. The van der Waals surface area contributed by atoms with Gasteiger partial charge in [-0.1, -0.05) is 35.3 Å². The maximum atomic E-state index is 11.9. The van der Waals surface area contributed by atoms with E-state index in [-0.39, 0.29) is 17.3 Å². The third kappa shape index (κ3) is 5.42. The molecule has 2 aromatic carbocycles. The van der Waals surface area contributed by atoms with Crippen molar-refractivity contribution in [2.45, 2.75) is 5.75 Å². The van der Waals surface area contributed by atoms with Gasteiger partial charge in [-0.2, -0.15) is 0 Å². The van der Waals surface area contributed by atoms with Crippen LogP contribution in [0.3, 0.4) is 0 Å². The molecule has 2 rings (SSSR count). The van der Waals surface area contributed by atoms with E-state index in [9.17, 15) is 14.9 Å². The van der Waals surface area contributed by atoms with Crippen LogP contribution in [-0.4, -0.2) is 16.6 Å². The number of hydrogen-bond donors (Lipinski definition) is 1. The van der Waals surface area contributed by atoms with E-state index in [1.54, 1.807) is 18.2 Å². The van der Waals surface area contributed by atoms with Crippen LogP contribution in [0.15, 0.2) is 42.5 Å². The molecule has 1 amide bonds. The Hall–Kier alpha value is -1.76. The highest BCUT2D eigenvalue weighted by atomic mass is 35.5. The molecule has 5 nitrogen and oxygen atoms in total. The summed E-state index contributed by atoms with van der Waals surface area (Å²) in [4.78, 5) is 22.1.